The third-order valence-electron chi connectivity index (χ3n) is 4.29. The van der Waals surface area contributed by atoms with Crippen LogP contribution in [-0.2, 0) is 4.18 Å². The molecule has 0 aromatic heterocycles. The molecule has 1 saturated carbocycles. The van der Waals surface area contributed by atoms with Crippen LogP contribution in [0.4, 0.5) is 0 Å². The molecule has 0 saturated heterocycles. The van der Waals surface area contributed by atoms with Crippen molar-refractivity contribution < 1.29 is 4.18 Å². The van der Waals surface area contributed by atoms with Crippen LogP contribution in [0.3, 0.4) is 0 Å². The normalized spacial score (nSPS) is 36.0. The quantitative estimate of drug-likeness (QED) is 0.406. The smallest absolute Gasteiger partial charge is 0.0610 e. The lowest BCUT2D eigenvalue weighted by atomic mass is 9.83. The summed E-state index contributed by atoms with van der Waals surface area (Å²) in [6.07, 6.45) is 6.69. The van der Waals surface area contributed by atoms with Crippen LogP contribution >= 0.6 is 12.9 Å². The van der Waals surface area contributed by atoms with Crippen LogP contribution in [0.2, 0.25) is 0 Å². The highest BCUT2D eigenvalue weighted by atomic mass is 32.1. The van der Waals surface area contributed by atoms with Gasteiger partial charge in [0.1, 0.15) is 0 Å². The van der Waals surface area contributed by atoms with E-state index in [9.17, 15) is 0 Å². The first kappa shape index (κ1) is 13.4. The van der Waals surface area contributed by atoms with Crippen molar-refractivity contribution in [1.82, 2.24) is 0 Å². The van der Waals surface area contributed by atoms with Gasteiger partial charge >= 0.3 is 0 Å². The molecule has 0 N–H and O–H groups in total. The summed E-state index contributed by atoms with van der Waals surface area (Å²) in [6, 6.07) is 0. The van der Waals surface area contributed by atoms with Gasteiger partial charge in [-0.3, -0.25) is 0 Å². The van der Waals surface area contributed by atoms with Crippen molar-refractivity contribution in [1.29, 1.82) is 0 Å². The molecule has 0 aromatic carbocycles. The van der Waals surface area contributed by atoms with Crippen molar-refractivity contribution in [3.63, 3.8) is 0 Å². The highest BCUT2D eigenvalue weighted by Crippen LogP contribution is 2.45. The molecule has 1 aliphatic carbocycles. The second-order valence-electron chi connectivity index (χ2n) is 5.26. The standard InChI is InChI=1S/C13H26OS/c1-4-6-13-11(3)10(2)9-12(13)7-5-8-14-15/h10-13,15H,4-9H2,1-3H3. The molecular formula is C13H26OS. The number of hydrogen-bond acceptors (Lipinski definition) is 2. The first-order chi connectivity index (χ1) is 7.20. The summed E-state index contributed by atoms with van der Waals surface area (Å²) in [5, 5.41) is 0. The average Bonchev–Trinajstić information content (AvgIpc) is 2.47. The largest absolute Gasteiger partial charge is 0.319 e. The Hall–Kier alpha value is 0.310. The Labute approximate surface area is 101 Å². The van der Waals surface area contributed by atoms with Gasteiger partial charge in [0.05, 0.1) is 6.61 Å². The lowest BCUT2D eigenvalue weighted by molar-refractivity contribution is 0.261. The predicted molar refractivity (Wildman–Crippen MR) is 69.0 cm³/mol. The Morgan fingerprint density at radius 1 is 1.27 bits per heavy atom. The van der Waals surface area contributed by atoms with Crippen molar-refractivity contribution in [3.8, 4) is 0 Å². The Morgan fingerprint density at radius 2 is 2.00 bits per heavy atom. The highest BCUT2D eigenvalue weighted by Gasteiger charge is 2.36. The fourth-order valence-electron chi connectivity index (χ4n) is 3.29. The molecule has 4 atom stereocenters. The molecule has 0 bridgehead atoms. The molecule has 1 nitrogen and oxygen atoms in total. The number of rotatable bonds is 6. The van der Waals surface area contributed by atoms with E-state index in [0.717, 1.165) is 30.3 Å². The van der Waals surface area contributed by atoms with Gasteiger partial charge in [0.2, 0.25) is 0 Å². The third kappa shape index (κ3) is 3.67. The van der Waals surface area contributed by atoms with E-state index in [1.165, 1.54) is 32.1 Å². The minimum Gasteiger partial charge on any atom is -0.319 e. The third-order valence-corrected chi connectivity index (χ3v) is 4.47. The highest BCUT2D eigenvalue weighted by molar-refractivity contribution is 7.75. The second kappa shape index (κ2) is 6.80. The number of hydrogen-bond donors (Lipinski definition) is 1. The van der Waals surface area contributed by atoms with Crippen LogP contribution in [0.25, 0.3) is 0 Å². The number of thiol groups is 1. The van der Waals surface area contributed by atoms with Gasteiger partial charge in [-0.25, -0.2) is 0 Å². The fraction of sp³-hybridized carbons (Fsp3) is 1.00. The van der Waals surface area contributed by atoms with E-state index in [2.05, 4.69) is 33.7 Å². The predicted octanol–water partition coefficient (Wildman–Crippen LogP) is 4.34. The van der Waals surface area contributed by atoms with Crippen LogP contribution in [0.5, 0.6) is 0 Å². The van der Waals surface area contributed by atoms with Gasteiger partial charge in [0.15, 0.2) is 0 Å². The molecule has 1 aliphatic rings. The van der Waals surface area contributed by atoms with Crippen molar-refractivity contribution in [2.24, 2.45) is 23.7 Å². The van der Waals surface area contributed by atoms with Gasteiger partial charge in [-0.15, -0.1) is 0 Å². The maximum Gasteiger partial charge on any atom is 0.0610 e. The minimum atomic E-state index is 0.807. The summed E-state index contributed by atoms with van der Waals surface area (Å²) in [5.41, 5.74) is 0. The molecule has 4 unspecified atom stereocenters. The first-order valence-electron chi connectivity index (χ1n) is 6.47. The maximum absolute atomic E-state index is 4.84. The topological polar surface area (TPSA) is 9.23 Å². The van der Waals surface area contributed by atoms with E-state index in [4.69, 9.17) is 4.18 Å². The van der Waals surface area contributed by atoms with Crippen molar-refractivity contribution >= 4 is 12.9 Å². The van der Waals surface area contributed by atoms with Gasteiger partial charge in [0.25, 0.3) is 0 Å². The molecule has 2 heteroatoms. The zero-order chi connectivity index (χ0) is 11.3. The lowest BCUT2D eigenvalue weighted by Gasteiger charge is -2.22. The fourth-order valence-corrected chi connectivity index (χ4v) is 3.42. The summed E-state index contributed by atoms with van der Waals surface area (Å²) in [7, 11) is 0. The van der Waals surface area contributed by atoms with E-state index in [1.807, 2.05) is 0 Å². The second-order valence-corrected chi connectivity index (χ2v) is 5.52. The Balaban J connectivity index is 2.39. The SMILES string of the molecule is CCCC1C(CCCOS)CC(C)C1C. The summed E-state index contributed by atoms with van der Waals surface area (Å²) >= 11 is 3.80. The zero-order valence-electron chi connectivity index (χ0n) is 10.4. The van der Waals surface area contributed by atoms with Crippen molar-refractivity contribution in [2.45, 2.75) is 52.9 Å². The molecular weight excluding hydrogens is 204 g/mol. The molecule has 0 aromatic rings. The Kier molecular flexibility index (Phi) is 6.06. The van der Waals surface area contributed by atoms with Gasteiger partial charge in [-0.2, -0.15) is 0 Å². The maximum atomic E-state index is 4.84. The molecule has 1 fully saturated rings. The monoisotopic (exact) mass is 230 g/mol. The molecule has 0 radical (unpaired) electrons. The Bertz CT molecular complexity index is 172. The van der Waals surface area contributed by atoms with Crippen molar-refractivity contribution in [3.05, 3.63) is 0 Å². The molecule has 0 aliphatic heterocycles. The van der Waals surface area contributed by atoms with E-state index >= 15 is 0 Å². The molecule has 0 heterocycles. The minimum absolute atomic E-state index is 0.807. The lowest BCUT2D eigenvalue weighted by Crippen LogP contribution is -2.14. The molecule has 0 spiro atoms. The van der Waals surface area contributed by atoms with E-state index < -0.39 is 0 Å². The van der Waals surface area contributed by atoms with Gasteiger partial charge < -0.3 is 4.18 Å². The van der Waals surface area contributed by atoms with E-state index in [0.29, 0.717) is 0 Å². The summed E-state index contributed by atoms with van der Waals surface area (Å²) in [5.74, 6) is 3.75. The van der Waals surface area contributed by atoms with Crippen molar-refractivity contribution in [2.75, 3.05) is 6.61 Å². The van der Waals surface area contributed by atoms with Crippen LogP contribution < -0.4 is 0 Å². The molecule has 15 heavy (non-hydrogen) atoms. The summed E-state index contributed by atoms with van der Waals surface area (Å²) in [4.78, 5) is 0. The van der Waals surface area contributed by atoms with Crippen LogP contribution in [0.15, 0.2) is 0 Å². The zero-order valence-corrected chi connectivity index (χ0v) is 11.3. The summed E-state index contributed by atoms with van der Waals surface area (Å²) < 4.78 is 4.84. The van der Waals surface area contributed by atoms with Gasteiger partial charge in [0, 0.05) is 0 Å². The van der Waals surface area contributed by atoms with E-state index in [1.54, 1.807) is 0 Å². The van der Waals surface area contributed by atoms with Gasteiger partial charge in [-0.1, -0.05) is 33.6 Å². The molecule has 1 rings (SSSR count). The average molecular weight is 230 g/mol. The Morgan fingerprint density at radius 3 is 2.60 bits per heavy atom. The van der Waals surface area contributed by atoms with E-state index in [-0.39, 0.29) is 0 Å². The van der Waals surface area contributed by atoms with Crippen LogP contribution in [0, 0.1) is 23.7 Å². The first-order valence-corrected chi connectivity index (χ1v) is 6.83. The van der Waals surface area contributed by atoms with Crippen LogP contribution in [0.1, 0.15) is 52.9 Å². The van der Waals surface area contributed by atoms with Crippen LogP contribution in [-0.4, -0.2) is 6.61 Å². The summed E-state index contributed by atoms with van der Waals surface area (Å²) in [6.45, 7) is 7.98. The molecule has 0 amide bonds. The molecule has 90 valence electrons. The van der Waals surface area contributed by atoms with Gasteiger partial charge in [-0.05, 0) is 55.8 Å².